The summed E-state index contributed by atoms with van der Waals surface area (Å²) in [5.41, 5.74) is 0.365. The summed E-state index contributed by atoms with van der Waals surface area (Å²) in [5.74, 6) is 0.711. The van der Waals surface area contributed by atoms with Crippen molar-refractivity contribution in [2.45, 2.75) is 12.8 Å². The topological polar surface area (TPSA) is 70.2 Å². The maximum absolute atomic E-state index is 13.7. The highest BCUT2D eigenvalue weighted by Gasteiger charge is 2.26. The Morgan fingerprint density at radius 2 is 2.17 bits per heavy atom. The first kappa shape index (κ1) is 16.2. The number of nitrogens with one attached hydrogen (secondary N) is 2. The third-order valence-corrected chi connectivity index (χ3v) is 4.10. The van der Waals surface area contributed by atoms with Crippen LogP contribution in [-0.4, -0.2) is 36.0 Å². The highest BCUT2D eigenvalue weighted by atomic mass is 19.1. The number of anilines is 3. The standard InChI is InChI=1S/C17H20FN5O/c1-19-16(24)12-5-4-10-23(11-12)17-20-9-8-15(22-17)21-14-7-3-2-6-13(14)18/h2-3,6-9,12H,4-5,10-11H2,1H3,(H,19,24)(H,20,21,22). The van der Waals surface area contributed by atoms with Gasteiger partial charge in [-0.3, -0.25) is 4.79 Å². The first-order valence-electron chi connectivity index (χ1n) is 7.98. The van der Waals surface area contributed by atoms with Gasteiger partial charge in [0.1, 0.15) is 11.6 Å². The molecule has 1 amide bonds. The number of halogens is 1. The van der Waals surface area contributed by atoms with Gasteiger partial charge in [-0.05, 0) is 31.0 Å². The monoisotopic (exact) mass is 329 g/mol. The van der Waals surface area contributed by atoms with Crippen molar-refractivity contribution in [1.82, 2.24) is 15.3 Å². The van der Waals surface area contributed by atoms with Crippen LogP contribution in [0.15, 0.2) is 36.5 Å². The van der Waals surface area contributed by atoms with Crippen LogP contribution >= 0.6 is 0 Å². The van der Waals surface area contributed by atoms with E-state index in [9.17, 15) is 9.18 Å². The maximum atomic E-state index is 13.7. The van der Waals surface area contributed by atoms with Crippen LogP contribution in [0, 0.1) is 11.7 Å². The van der Waals surface area contributed by atoms with Gasteiger partial charge in [0.15, 0.2) is 0 Å². The van der Waals surface area contributed by atoms with Crippen LogP contribution in [0.25, 0.3) is 0 Å². The fraction of sp³-hybridized carbons (Fsp3) is 0.353. The average Bonchev–Trinajstić information content (AvgIpc) is 2.63. The predicted molar refractivity (Wildman–Crippen MR) is 90.7 cm³/mol. The third-order valence-electron chi connectivity index (χ3n) is 4.10. The van der Waals surface area contributed by atoms with Gasteiger partial charge in [-0.15, -0.1) is 0 Å². The van der Waals surface area contributed by atoms with E-state index < -0.39 is 0 Å². The molecule has 1 atom stereocenters. The van der Waals surface area contributed by atoms with Crippen LogP contribution in [-0.2, 0) is 4.79 Å². The lowest BCUT2D eigenvalue weighted by Gasteiger charge is -2.31. The van der Waals surface area contributed by atoms with E-state index in [0.717, 1.165) is 19.4 Å². The Hall–Kier alpha value is -2.70. The Morgan fingerprint density at radius 1 is 1.33 bits per heavy atom. The first-order chi connectivity index (χ1) is 11.7. The lowest BCUT2D eigenvalue weighted by atomic mass is 9.97. The fourth-order valence-electron chi connectivity index (χ4n) is 2.85. The largest absolute Gasteiger partial charge is 0.359 e. The van der Waals surface area contributed by atoms with Gasteiger partial charge in [0.05, 0.1) is 11.6 Å². The number of carbonyl (C=O) groups excluding carboxylic acids is 1. The number of amides is 1. The van der Waals surface area contributed by atoms with E-state index in [4.69, 9.17) is 0 Å². The Balaban J connectivity index is 1.75. The Kier molecular flexibility index (Phi) is 4.88. The van der Waals surface area contributed by atoms with E-state index in [1.54, 1.807) is 37.5 Å². The molecule has 126 valence electrons. The van der Waals surface area contributed by atoms with Crippen molar-refractivity contribution in [2.75, 3.05) is 30.4 Å². The molecular formula is C17H20FN5O. The number of nitrogens with zero attached hydrogens (tertiary/aromatic N) is 3. The van der Waals surface area contributed by atoms with Crippen LogP contribution in [0.3, 0.4) is 0 Å². The van der Waals surface area contributed by atoms with Crippen LogP contribution < -0.4 is 15.5 Å². The quantitative estimate of drug-likeness (QED) is 0.901. The first-order valence-corrected chi connectivity index (χ1v) is 7.98. The molecule has 0 aliphatic carbocycles. The second-order valence-corrected chi connectivity index (χ2v) is 5.75. The number of hydrogen-bond acceptors (Lipinski definition) is 5. The zero-order valence-corrected chi connectivity index (χ0v) is 13.5. The Labute approximate surface area is 140 Å². The molecule has 0 radical (unpaired) electrons. The number of piperidine rings is 1. The van der Waals surface area contributed by atoms with Crippen LogP contribution in [0.1, 0.15) is 12.8 Å². The van der Waals surface area contributed by atoms with Gasteiger partial charge >= 0.3 is 0 Å². The lowest BCUT2D eigenvalue weighted by Crippen LogP contribution is -2.42. The molecule has 0 saturated carbocycles. The maximum Gasteiger partial charge on any atom is 0.227 e. The van der Waals surface area contributed by atoms with Gasteiger partial charge < -0.3 is 15.5 Å². The molecule has 1 aliphatic heterocycles. The minimum Gasteiger partial charge on any atom is -0.359 e. The zero-order chi connectivity index (χ0) is 16.9. The van der Waals surface area contributed by atoms with E-state index in [2.05, 4.69) is 20.6 Å². The molecule has 1 aromatic carbocycles. The molecule has 1 saturated heterocycles. The van der Waals surface area contributed by atoms with E-state index in [1.807, 2.05) is 4.90 Å². The third kappa shape index (κ3) is 3.61. The van der Waals surface area contributed by atoms with E-state index in [1.165, 1.54) is 6.07 Å². The molecule has 1 fully saturated rings. The van der Waals surface area contributed by atoms with Gasteiger partial charge in [-0.2, -0.15) is 4.98 Å². The molecule has 2 heterocycles. The number of benzene rings is 1. The van der Waals surface area contributed by atoms with Gasteiger partial charge in [0.25, 0.3) is 0 Å². The van der Waals surface area contributed by atoms with Crippen molar-refractivity contribution >= 4 is 23.4 Å². The van der Waals surface area contributed by atoms with Crippen LogP contribution in [0.2, 0.25) is 0 Å². The normalized spacial score (nSPS) is 17.4. The van der Waals surface area contributed by atoms with Crippen molar-refractivity contribution in [2.24, 2.45) is 5.92 Å². The highest BCUT2D eigenvalue weighted by Crippen LogP contribution is 2.23. The summed E-state index contributed by atoms with van der Waals surface area (Å²) >= 11 is 0. The predicted octanol–water partition coefficient (Wildman–Crippen LogP) is 2.32. The molecule has 0 spiro atoms. The molecule has 3 rings (SSSR count). The minimum absolute atomic E-state index is 0.0420. The Bertz CT molecular complexity index is 724. The summed E-state index contributed by atoms with van der Waals surface area (Å²) in [5, 5.41) is 5.66. The molecule has 1 unspecified atom stereocenters. The summed E-state index contributed by atoms with van der Waals surface area (Å²) in [6, 6.07) is 8.13. The molecule has 2 N–H and O–H groups in total. The highest BCUT2D eigenvalue weighted by molar-refractivity contribution is 5.79. The fourth-order valence-corrected chi connectivity index (χ4v) is 2.85. The number of rotatable bonds is 4. The number of hydrogen-bond donors (Lipinski definition) is 2. The summed E-state index contributed by atoms with van der Waals surface area (Å²) < 4.78 is 13.7. The molecule has 2 aromatic rings. The Morgan fingerprint density at radius 3 is 2.96 bits per heavy atom. The average molecular weight is 329 g/mol. The van der Waals surface area contributed by atoms with Crippen LogP contribution in [0.5, 0.6) is 0 Å². The summed E-state index contributed by atoms with van der Waals surface area (Å²) in [7, 11) is 1.65. The number of aromatic nitrogens is 2. The van der Waals surface area contributed by atoms with E-state index in [-0.39, 0.29) is 17.6 Å². The minimum atomic E-state index is -0.338. The number of carbonyl (C=O) groups is 1. The van der Waals surface area contributed by atoms with E-state index in [0.29, 0.717) is 24.0 Å². The SMILES string of the molecule is CNC(=O)C1CCCN(c2nccc(Nc3ccccc3F)n2)C1. The van der Waals surface area contributed by atoms with Gasteiger partial charge in [0.2, 0.25) is 11.9 Å². The van der Waals surface area contributed by atoms with Crippen molar-refractivity contribution in [3.05, 3.63) is 42.3 Å². The van der Waals surface area contributed by atoms with Gasteiger partial charge in [0, 0.05) is 26.3 Å². The summed E-state index contributed by atoms with van der Waals surface area (Å²) in [6.45, 7) is 1.39. The van der Waals surface area contributed by atoms with Gasteiger partial charge in [-0.1, -0.05) is 12.1 Å². The second-order valence-electron chi connectivity index (χ2n) is 5.75. The molecule has 1 aliphatic rings. The van der Waals surface area contributed by atoms with Crippen molar-refractivity contribution < 1.29 is 9.18 Å². The summed E-state index contributed by atoms with van der Waals surface area (Å²) in [4.78, 5) is 22.6. The summed E-state index contributed by atoms with van der Waals surface area (Å²) in [6.07, 6.45) is 3.41. The van der Waals surface area contributed by atoms with Crippen molar-refractivity contribution in [3.63, 3.8) is 0 Å². The van der Waals surface area contributed by atoms with Crippen LogP contribution in [0.4, 0.5) is 21.8 Å². The van der Waals surface area contributed by atoms with Crippen molar-refractivity contribution in [1.29, 1.82) is 0 Å². The van der Waals surface area contributed by atoms with Gasteiger partial charge in [-0.25, -0.2) is 9.37 Å². The second kappa shape index (κ2) is 7.25. The molecular weight excluding hydrogens is 309 g/mol. The lowest BCUT2D eigenvalue weighted by molar-refractivity contribution is -0.124. The van der Waals surface area contributed by atoms with E-state index >= 15 is 0 Å². The molecule has 24 heavy (non-hydrogen) atoms. The molecule has 0 bridgehead atoms. The molecule has 6 nitrogen and oxygen atoms in total. The van der Waals surface area contributed by atoms with Crippen molar-refractivity contribution in [3.8, 4) is 0 Å². The zero-order valence-electron chi connectivity index (χ0n) is 13.5. The molecule has 7 heteroatoms. The smallest absolute Gasteiger partial charge is 0.227 e. The molecule has 1 aromatic heterocycles. The number of para-hydroxylation sites is 1.